The molecular weight excluding hydrogens is 214 g/mol. The van der Waals surface area contributed by atoms with Crippen molar-refractivity contribution in [3.05, 3.63) is 0 Å². The minimum absolute atomic E-state index is 0.557. The third-order valence-corrected chi connectivity index (χ3v) is 3.95. The molecule has 3 heteroatoms. The second-order valence-corrected chi connectivity index (χ2v) is 6.10. The highest BCUT2D eigenvalue weighted by atomic mass is 16.4. The summed E-state index contributed by atoms with van der Waals surface area (Å²) >= 11 is 0. The average molecular weight is 241 g/mol. The number of carbonyl (C=O) groups is 1. The molecule has 1 aliphatic rings. The van der Waals surface area contributed by atoms with Crippen molar-refractivity contribution in [1.82, 2.24) is 5.32 Å². The summed E-state index contributed by atoms with van der Waals surface area (Å²) in [7, 11) is 0. The molecule has 0 saturated heterocycles. The van der Waals surface area contributed by atoms with Crippen LogP contribution in [0.3, 0.4) is 0 Å². The summed E-state index contributed by atoms with van der Waals surface area (Å²) in [5, 5.41) is 12.7. The van der Waals surface area contributed by atoms with Gasteiger partial charge in [-0.2, -0.15) is 0 Å². The molecule has 3 nitrogen and oxygen atoms in total. The van der Waals surface area contributed by atoms with Gasteiger partial charge in [-0.3, -0.25) is 4.79 Å². The van der Waals surface area contributed by atoms with E-state index in [0.29, 0.717) is 18.3 Å². The number of hydrogen-bond acceptors (Lipinski definition) is 2. The van der Waals surface area contributed by atoms with E-state index in [9.17, 15) is 9.90 Å². The third kappa shape index (κ3) is 4.66. The van der Waals surface area contributed by atoms with Crippen molar-refractivity contribution in [2.75, 3.05) is 6.54 Å². The van der Waals surface area contributed by atoms with Crippen LogP contribution in [0.5, 0.6) is 0 Å². The van der Waals surface area contributed by atoms with Gasteiger partial charge >= 0.3 is 5.97 Å². The monoisotopic (exact) mass is 241 g/mol. The zero-order chi connectivity index (χ0) is 12.9. The smallest absolute Gasteiger partial charge is 0.323 e. The van der Waals surface area contributed by atoms with Crippen LogP contribution in [-0.4, -0.2) is 23.2 Å². The first-order valence-electron chi connectivity index (χ1n) is 6.92. The molecule has 0 aromatic heterocycles. The highest BCUT2D eigenvalue weighted by Crippen LogP contribution is 2.25. The number of rotatable bonds is 7. The summed E-state index contributed by atoms with van der Waals surface area (Å²) in [6, 6.07) is 0. The highest BCUT2D eigenvalue weighted by molar-refractivity contribution is 5.78. The summed E-state index contributed by atoms with van der Waals surface area (Å²) in [6.07, 6.45) is 6.80. The van der Waals surface area contributed by atoms with Crippen LogP contribution in [-0.2, 0) is 4.79 Å². The van der Waals surface area contributed by atoms with Gasteiger partial charge in [0.15, 0.2) is 0 Å². The van der Waals surface area contributed by atoms with Gasteiger partial charge in [0.05, 0.1) is 0 Å². The van der Waals surface area contributed by atoms with Crippen molar-refractivity contribution < 1.29 is 9.90 Å². The summed E-state index contributed by atoms with van der Waals surface area (Å²) < 4.78 is 0. The van der Waals surface area contributed by atoms with E-state index in [0.717, 1.165) is 13.0 Å². The molecule has 100 valence electrons. The minimum Gasteiger partial charge on any atom is -0.480 e. The van der Waals surface area contributed by atoms with E-state index >= 15 is 0 Å². The van der Waals surface area contributed by atoms with E-state index in [1.54, 1.807) is 0 Å². The second kappa shape index (κ2) is 6.39. The summed E-state index contributed by atoms with van der Waals surface area (Å²) in [4.78, 5) is 11.4. The number of carboxylic acids is 1. The maximum absolute atomic E-state index is 11.4. The molecule has 0 spiro atoms. The molecule has 0 amide bonds. The Balaban J connectivity index is 2.42. The Kier molecular flexibility index (Phi) is 5.44. The lowest BCUT2D eigenvalue weighted by Crippen LogP contribution is -2.51. The molecule has 0 bridgehead atoms. The largest absolute Gasteiger partial charge is 0.480 e. The van der Waals surface area contributed by atoms with E-state index in [-0.39, 0.29) is 0 Å². The standard InChI is InChI=1S/C14H27NO2/c1-11(2)8-9-14(3,13(16)17)15-10-12-6-4-5-7-12/h11-12,15H,4-10H2,1-3H3,(H,16,17). The molecule has 0 heterocycles. The number of aliphatic carboxylic acids is 1. The summed E-state index contributed by atoms with van der Waals surface area (Å²) in [5.41, 5.74) is -0.743. The Morgan fingerprint density at radius 1 is 1.41 bits per heavy atom. The van der Waals surface area contributed by atoms with Crippen LogP contribution < -0.4 is 5.32 Å². The van der Waals surface area contributed by atoms with Crippen molar-refractivity contribution in [1.29, 1.82) is 0 Å². The Morgan fingerprint density at radius 2 is 2.00 bits per heavy atom. The molecule has 17 heavy (non-hydrogen) atoms. The maximum Gasteiger partial charge on any atom is 0.323 e. The van der Waals surface area contributed by atoms with Gasteiger partial charge in [-0.1, -0.05) is 26.7 Å². The zero-order valence-electron chi connectivity index (χ0n) is 11.5. The molecule has 0 aromatic rings. The van der Waals surface area contributed by atoms with Gasteiger partial charge < -0.3 is 10.4 Å². The van der Waals surface area contributed by atoms with Gasteiger partial charge in [0.1, 0.15) is 5.54 Å². The van der Waals surface area contributed by atoms with Crippen LogP contribution in [0.25, 0.3) is 0 Å². The Bertz CT molecular complexity index is 247. The van der Waals surface area contributed by atoms with Gasteiger partial charge in [-0.25, -0.2) is 0 Å². The van der Waals surface area contributed by atoms with Crippen molar-refractivity contribution >= 4 is 5.97 Å². The van der Waals surface area contributed by atoms with Crippen LogP contribution in [0.15, 0.2) is 0 Å². The van der Waals surface area contributed by atoms with Gasteiger partial charge in [-0.05, 0) is 51.0 Å². The van der Waals surface area contributed by atoms with E-state index < -0.39 is 11.5 Å². The van der Waals surface area contributed by atoms with E-state index in [1.165, 1.54) is 25.7 Å². The van der Waals surface area contributed by atoms with Gasteiger partial charge in [-0.15, -0.1) is 0 Å². The van der Waals surface area contributed by atoms with Gasteiger partial charge in [0, 0.05) is 0 Å². The van der Waals surface area contributed by atoms with Crippen LogP contribution in [0.2, 0.25) is 0 Å². The van der Waals surface area contributed by atoms with Crippen LogP contribution in [0.4, 0.5) is 0 Å². The Morgan fingerprint density at radius 3 is 2.47 bits per heavy atom. The third-order valence-electron chi connectivity index (χ3n) is 3.95. The van der Waals surface area contributed by atoms with Crippen molar-refractivity contribution in [2.45, 2.75) is 64.8 Å². The number of hydrogen-bond donors (Lipinski definition) is 2. The predicted octanol–water partition coefficient (Wildman–Crippen LogP) is 3.05. The first-order chi connectivity index (χ1) is 7.94. The SMILES string of the molecule is CC(C)CCC(C)(NCC1CCCC1)C(=O)O. The molecule has 1 fully saturated rings. The van der Waals surface area contributed by atoms with Crippen molar-refractivity contribution in [3.63, 3.8) is 0 Å². The zero-order valence-corrected chi connectivity index (χ0v) is 11.5. The molecule has 0 radical (unpaired) electrons. The lowest BCUT2D eigenvalue weighted by Gasteiger charge is -2.28. The summed E-state index contributed by atoms with van der Waals surface area (Å²) in [5.74, 6) is 0.533. The lowest BCUT2D eigenvalue weighted by molar-refractivity contribution is -0.144. The summed E-state index contributed by atoms with van der Waals surface area (Å²) in [6.45, 7) is 6.96. The molecule has 1 atom stereocenters. The normalized spacial score (nSPS) is 20.7. The van der Waals surface area contributed by atoms with Gasteiger partial charge in [0.25, 0.3) is 0 Å². The molecule has 1 rings (SSSR count). The number of carboxylic acid groups (broad SMARTS) is 1. The molecule has 0 aliphatic heterocycles. The van der Waals surface area contributed by atoms with Gasteiger partial charge in [0.2, 0.25) is 0 Å². The van der Waals surface area contributed by atoms with Crippen LogP contribution >= 0.6 is 0 Å². The number of nitrogens with one attached hydrogen (secondary N) is 1. The fraction of sp³-hybridized carbons (Fsp3) is 0.929. The van der Waals surface area contributed by atoms with Crippen molar-refractivity contribution in [3.8, 4) is 0 Å². The molecule has 1 unspecified atom stereocenters. The Labute approximate surface area is 105 Å². The van der Waals surface area contributed by atoms with E-state index in [2.05, 4.69) is 19.2 Å². The van der Waals surface area contributed by atoms with Crippen LogP contribution in [0.1, 0.15) is 59.3 Å². The topological polar surface area (TPSA) is 49.3 Å². The lowest BCUT2D eigenvalue weighted by atomic mass is 9.91. The minimum atomic E-state index is -0.743. The molecule has 1 saturated carbocycles. The fourth-order valence-electron chi connectivity index (χ4n) is 2.43. The quantitative estimate of drug-likeness (QED) is 0.720. The van der Waals surface area contributed by atoms with E-state index in [1.807, 2.05) is 6.92 Å². The first-order valence-corrected chi connectivity index (χ1v) is 6.92. The first kappa shape index (κ1) is 14.5. The molecular formula is C14H27NO2. The molecule has 1 aliphatic carbocycles. The maximum atomic E-state index is 11.4. The highest BCUT2D eigenvalue weighted by Gasteiger charge is 2.33. The average Bonchev–Trinajstić information content (AvgIpc) is 2.76. The molecule has 2 N–H and O–H groups in total. The van der Waals surface area contributed by atoms with Crippen LogP contribution in [0, 0.1) is 11.8 Å². The Hall–Kier alpha value is -0.570. The van der Waals surface area contributed by atoms with E-state index in [4.69, 9.17) is 0 Å². The fourth-order valence-corrected chi connectivity index (χ4v) is 2.43. The van der Waals surface area contributed by atoms with Crippen molar-refractivity contribution in [2.24, 2.45) is 11.8 Å². The molecule has 0 aromatic carbocycles. The predicted molar refractivity (Wildman–Crippen MR) is 70.1 cm³/mol. The second-order valence-electron chi connectivity index (χ2n) is 6.10.